The standard InChI is InChI=1S/C21H21FN2O3/c1-26-17-8-9-18(20(13-17)27-2)23-21(25)14-19(24-10-3-4-11-24)15-6-5-7-16(22)12-15/h3-13,19H,14H2,1-2H3,(H,23,25)/t19-/m0/s1. The third kappa shape index (κ3) is 4.47. The Balaban J connectivity index is 1.81. The van der Waals surface area contributed by atoms with Crippen molar-refractivity contribution in [3.8, 4) is 11.5 Å². The van der Waals surface area contributed by atoms with Gasteiger partial charge in [-0.3, -0.25) is 4.79 Å². The predicted molar refractivity (Wildman–Crippen MR) is 102 cm³/mol. The zero-order valence-corrected chi connectivity index (χ0v) is 15.2. The van der Waals surface area contributed by atoms with E-state index in [4.69, 9.17) is 9.47 Å². The van der Waals surface area contributed by atoms with Gasteiger partial charge >= 0.3 is 0 Å². The number of aromatic nitrogens is 1. The molecule has 0 unspecified atom stereocenters. The van der Waals surface area contributed by atoms with E-state index in [9.17, 15) is 9.18 Å². The lowest BCUT2D eigenvalue weighted by Crippen LogP contribution is -2.20. The molecule has 0 radical (unpaired) electrons. The van der Waals surface area contributed by atoms with Gasteiger partial charge in [0.25, 0.3) is 0 Å². The van der Waals surface area contributed by atoms with E-state index in [1.807, 2.05) is 35.2 Å². The number of benzene rings is 2. The van der Waals surface area contributed by atoms with Crippen LogP contribution in [0.1, 0.15) is 18.0 Å². The molecule has 0 aliphatic carbocycles. The second kappa shape index (κ2) is 8.40. The fourth-order valence-corrected chi connectivity index (χ4v) is 2.94. The van der Waals surface area contributed by atoms with Crippen LogP contribution in [0.15, 0.2) is 67.0 Å². The molecule has 1 atom stereocenters. The van der Waals surface area contributed by atoms with E-state index in [1.54, 1.807) is 31.4 Å². The number of halogens is 1. The first-order valence-electron chi connectivity index (χ1n) is 8.50. The summed E-state index contributed by atoms with van der Waals surface area (Å²) in [5, 5.41) is 2.86. The zero-order valence-electron chi connectivity index (χ0n) is 15.2. The summed E-state index contributed by atoms with van der Waals surface area (Å²) in [6, 6.07) is 14.9. The second-order valence-electron chi connectivity index (χ2n) is 6.02. The van der Waals surface area contributed by atoms with Crippen molar-refractivity contribution in [2.24, 2.45) is 0 Å². The van der Waals surface area contributed by atoms with Crippen LogP contribution in [0.4, 0.5) is 10.1 Å². The first kappa shape index (κ1) is 18.5. The van der Waals surface area contributed by atoms with Crippen LogP contribution in [-0.2, 0) is 4.79 Å². The average molecular weight is 368 g/mol. The number of methoxy groups -OCH3 is 2. The highest BCUT2D eigenvalue weighted by Crippen LogP contribution is 2.30. The number of rotatable bonds is 7. The number of ether oxygens (including phenoxy) is 2. The maximum Gasteiger partial charge on any atom is 0.226 e. The van der Waals surface area contributed by atoms with Crippen molar-refractivity contribution < 1.29 is 18.7 Å². The molecule has 1 N–H and O–H groups in total. The Bertz CT molecular complexity index is 910. The Morgan fingerprint density at radius 2 is 1.85 bits per heavy atom. The summed E-state index contributed by atoms with van der Waals surface area (Å²) in [6.07, 6.45) is 3.86. The molecule has 140 valence electrons. The SMILES string of the molecule is COc1ccc(NC(=O)C[C@@H](c2cccc(F)c2)n2cccc2)c(OC)c1. The lowest BCUT2D eigenvalue weighted by atomic mass is 10.0. The Morgan fingerprint density at radius 3 is 2.52 bits per heavy atom. The minimum atomic E-state index is -0.332. The number of amides is 1. The van der Waals surface area contributed by atoms with Gasteiger partial charge in [0.1, 0.15) is 17.3 Å². The molecule has 27 heavy (non-hydrogen) atoms. The highest BCUT2D eigenvalue weighted by atomic mass is 19.1. The van der Waals surface area contributed by atoms with Crippen molar-refractivity contribution in [3.05, 3.63) is 78.4 Å². The van der Waals surface area contributed by atoms with Crippen LogP contribution >= 0.6 is 0 Å². The van der Waals surface area contributed by atoms with Gasteiger partial charge in [-0.2, -0.15) is 0 Å². The second-order valence-corrected chi connectivity index (χ2v) is 6.02. The van der Waals surface area contributed by atoms with E-state index in [0.717, 1.165) is 5.56 Å². The highest BCUT2D eigenvalue weighted by molar-refractivity contribution is 5.93. The van der Waals surface area contributed by atoms with Crippen molar-refractivity contribution >= 4 is 11.6 Å². The van der Waals surface area contributed by atoms with Crippen LogP contribution < -0.4 is 14.8 Å². The van der Waals surface area contributed by atoms with Crippen LogP contribution in [-0.4, -0.2) is 24.7 Å². The lowest BCUT2D eigenvalue weighted by Gasteiger charge is -2.20. The third-order valence-corrected chi connectivity index (χ3v) is 4.28. The summed E-state index contributed by atoms with van der Waals surface area (Å²) >= 11 is 0. The molecule has 0 saturated heterocycles. The molecule has 0 fully saturated rings. The first-order valence-corrected chi connectivity index (χ1v) is 8.50. The van der Waals surface area contributed by atoms with Gasteiger partial charge in [-0.25, -0.2) is 4.39 Å². The molecule has 0 aliphatic heterocycles. The van der Waals surface area contributed by atoms with Crippen molar-refractivity contribution in [3.63, 3.8) is 0 Å². The zero-order chi connectivity index (χ0) is 19.2. The smallest absolute Gasteiger partial charge is 0.226 e. The summed E-state index contributed by atoms with van der Waals surface area (Å²) in [6.45, 7) is 0. The summed E-state index contributed by atoms with van der Waals surface area (Å²) < 4.78 is 26.1. The van der Waals surface area contributed by atoms with Crippen molar-refractivity contribution in [1.29, 1.82) is 0 Å². The van der Waals surface area contributed by atoms with Gasteiger partial charge in [0.2, 0.25) is 5.91 Å². The maximum absolute atomic E-state index is 13.7. The summed E-state index contributed by atoms with van der Waals surface area (Å²) in [7, 11) is 3.09. The van der Waals surface area contributed by atoms with Crippen LogP contribution in [0.5, 0.6) is 11.5 Å². The van der Waals surface area contributed by atoms with E-state index in [-0.39, 0.29) is 24.2 Å². The van der Waals surface area contributed by atoms with Gasteiger partial charge in [0.15, 0.2) is 0 Å². The quantitative estimate of drug-likeness (QED) is 0.678. The van der Waals surface area contributed by atoms with Crippen molar-refractivity contribution in [2.75, 3.05) is 19.5 Å². The predicted octanol–water partition coefficient (Wildman–Crippen LogP) is 4.26. The number of nitrogens with one attached hydrogen (secondary N) is 1. The number of hydrogen-bond acceptors (Lipinski definition) is 3. The molecule has 5 nitrogen and oxygen atoms in total. The van der Waals surface area contributed by atoms with E-state index in [2.05, 4.69) is 5.32 Å². The van der Waals surface area contributed by atoms with E-state index in [0.29, 0.717) is 17.2 Å². The van der Waals surface area contributed by atoms with Gasteiger partial charge in [-0.1, -0.05) is 12.1 Å². The summed E-state index contributed by atoms with van der Waals surface area (Å²) in [5.41, 5.74) is 1.27. The first-order chi connectivity index (χ1) is 13.1. The van der Waals surface area contributed by atoms with Gasteiger partial charge in [-0.15, -0.1) is 0 Å². The molecule has 3 aromatic rings. The largest absolute Gasteiger partial charge is 0.497 e. The van der Waals surface area contributed by atoms with E-state index < -0.39 is 0 Å². The molecule has 1 amide bonds. The molecular weight excluding hydrogens is 347 g/mol. The highest BCUT2D eigenvalue weighted by Gasteiger charge is 2.19. The Hall–Kier alpha value is -3.28. The summed E-state index contributed by atoms with van der Waals surface area (Å²) in [4.78, 5) is 12.7. The molecule has 6 heteroatoms. The monoisotopic (exact) mass is 368 g/mol. The van der Waals surface area contributed by atoms with Crippen LogP contribution in [0, 0.1) is 5.82 Å². The fourth-order valence-electron chi connectivity index (χ4n) is 2.94. The molecule has 0 bridgehead atoms. The molecule has 1 heterocycles. The van der Waals surface area contributed by atoms with Gasteiger partial charge in [-0.05, 0) is 42.0 Å². The van der Waals surface area contributed by atoms with Gasteiger partial charge in [0, 0.05) is 18.5 Å². The van der Waals surface area contributed by atoms with E-state index in [1.165, 1.54) is 19.2 Å². The van der Waals surface area contributed by atoms with Crippen LogP contribution in [0.25, 0.3) is 0 Å². The van der Waals surface area contributed by atoms with E-state index >= 15 is 0 Å². The Kier molecular flexibility index (Phi) is 5.76. The van der Waals surface area contributed by atoms with Crippen LogP contribution in [0.2, 0.25) is 0 Å². The molecule has 0 saturated carbocycles. The third-order valence-electron chi connectivity index (χ3n) is 4.28. The Labute approximate surface area is 157 Å². The minimum Gasteiger partial charge on any atom is -0.497 e. The number of carbonyl (C=O) groups excluding carboxylic acids is 1. The van der Waals surface area contributed by atoms with Crippen molar-refractivity contribution in [2.45, 2.75) is 12.5 Å². The minimum absolute atomic E-state index is 0.146. The molecule has 2 aromatic carbocycles. The van der Waals surface area contributed by atoms with Gasteiger partial charge < -0.3 is 19.4 Å². The number of anilines is 1. The fraction of sp³-hybridized carbons (Fsp3) is 0.190. The topological polar surface area (TPSA) is 52.5 Å². The average Bonchev–Trinajstić information content (AvgIpc) is 3.21. The maximum atomic E-state index is 13.7. The van der Waals surface area contributed by atoms with Gasteiger partial charge in [0.05, 0.1) is 32.4 Å². The normalized spacial score (nSPS) is 11.7. The molecule has 0 aliphatic rings. The molecular formula is C21H21FN2O3. The lowest BCUT2D eigenvalue weighted by molar-refractivity contribution is -0.116. The number of nitrogens with zero attached hydrogens (tertiary/aromatic N) is 1. The van der Waals surface area contributed by atoms with Crippen LogP contribution in [0.3, 0.4) is 0 Å². The number of carbonyl (C=O) groups is 1. The van der Waals surface area contributed by atoms with Crippen molar-refractivity contribution in [1.82, 2.24) is 4.57 Å². The molecule has 1 aromatic heterocycles. The molecule has 0 spiro atoms. The summed E-state index contributed by atoms with van der Waals surface area (Å²) in [5.74, 6) is 0.601. The Morgan fingerprint density at radius 1 is 1.07 bits per heavy atom. The number of hydrogen-bond donors (Lipinski definition) is 1. The molecule has 3 rings (SSSR count).